The second-order valence-corrected chi connectivity index (χ2v) is 4.69. The van der Waals surface area contributed by atoms with E-state index in [0.717, 1.165) is 30.6 Å². The van der Waals surface area contributed by atoms with Crippen molar-refractivity contribution in [1.82, 2.24) is 0 Å². The summed E-state index contributed by atoms with van der Waals surface area (Å²) in [6, 6.07) is 7.90. The monoisotopic (exact) mass is 218 g/mol. The van der Waals surface area contributed by atoms with E-state index in [9.17, 15) is 4.79 Å². The van der Waals surface area contributed by atoms with Crippen LogP contribution in [0.25, 0.3) is 0 Å². The molecule has 0 N–H and O–H groups in total. The molecule has 1 aliphatic rings. The molecule has 86 valence electrons. The van der Waals surface area contributed by atoms with E-state index >= 15 is 0 Å². The summed E-state index contributed by atoms with van der Waals surface area (Å²) in [4.78, 5) is 12.1. The van der Waals surface area contributed by atoms with Crippen LogP contribution in [-0.2, 0) is 10.2 Å². The van der Waals surface area contributed by atoms with E-state index in [2.05, 4.69) is 6.92 Å². The number of rotatable bonds is 2. The predicted octanol–water partition coefficient (Wildman–Crippen LogP) is 3.10. The second-order valence-electron chi connectivity index (χ2n) is 4.69. The number of benzene rings is 1. The van der Waals surface area contributed by atoms with Gasteiger partial charge in [-0.05, 0) is 37.5 Å². The van der Waals surface area contributed by atoms with Crippen molar-refractivity contribution in [3.63, 3.8) is 0 Å². The quantitative estimate of drug-likeness (QED) is 0.762. The van der Waals surface area contributed by atoms with Crippen LogP contribution in [0.5, 0.6) is 5.75 Å². The van der Waals surface area contributed by atoms with Gasteiger partial charge >= 0.3 is 0 Å². The van der Waals surface area contributed by atoms with Crippen molar-refractivity contribution in [3.05, 3.63) is 29.8 Å². The number of hydrogen-bond acceptors (Lipinski definition) is 2. The lowest BCUT2D eigenvalue weighted by Crippen LogP contribution is -2.35. The highest BCUT2D eigenvalue weighted by Gasteiger charge is 2.36. The smallest absolute Gasteiger partial charge is 0.143 e. The Morgan fingerprint density at radius 1 is 1.31 bits per heavy atom. The largest absolute Gasteiger partial charge is 0.497 e. The Balaban J connectivity index is 2.37. The minimum atomic E-state index is -0.299. The third kappa shape index (κ3) is 1.84. The zero-order valence-corrected chi connectivity index (χ0v) is 9.95. The first-order valence-corrected chi connectivity index (χ1v) is 5.84. The summed E-state index contributed by atoms with van der Waals surface area (Å²) < 4.78 is 5.21. The number of carbonyl (C=O) groups is 1. The van der Waals surface area contributed by atoms with Gasteiger partial charge in [-0.25, -0.2) is 0 Å². The second kappa shape index (κ2) is 4.28. The Morgan fingerprint density at radius 2 is 2.12 bits per heavy atom. The van der Waals surface area contributed by atoms with Crippen molar-refractivity contribution in [1.29, 1.82) is 0 Å². The molecule has 2 heteroatoms. The Kier molecular flexibility index (Phi) is 2.99. The number of hydrogen-bond donors (Lipinski definition) is 0. The van der Waals surface area contributed by atoms with Crippen molar-refractivity contribution in [3.8, 4) is 5.75 Å². The van der Waals surface area contributed by atoms with E-state index in [1.54, 1.807) is 7.11 Å². The Bertz CT molecular complexity index is 397. The van der Waals surface area contributed by atoms with Gasteiger partial charge in [0.25, 0.3) is 0 Å². The third-order valence-electron chi connectivity index (χ3n) is 3.65. The molecule has 0 aliphatic heterocycles. The summed E-state index contributed by atoms with van der Waals surface area (Å²) in [5, 5.41) is 0. The Labute approximate surface area is 96.6 Å². The van der Waals surface area contributed by atoms with E-state index in [4.69, 9.17) is 4.74 Å². The molecule has 0 saturated heterocycles. The van der Waals surface area contributed by atoms with Crippen molar-refractivity contribution in [2.45, 2.75) is 38.0 Å². The van der Waals surface area contributed by atoms with Gasteiger partial charge in [-0.3, -0.25) is 4.79 Å². The highest BCUT2D eigenvalue weighted by molar-refractivity contribution is 5.90. The number of carbonyl (C=O) groups excluding carboxylic acids is 1. The lowest BCUT2D eigenvalue weighted by Gasteiger charge is -2.32. The molecule has 2 rings (SSSR count). The predicted molar refractivity (Wildman–Crippen MR) is 63.8 cm³/mol. The van der Waals surface area contributed by atoms with E-state index in [1.807, 2.05) is 24.3 Å². The van der Waals surface area contributed by atoms with Gasteiger partial charge in [0.15, 0.2) is 0 Å². The fourth-order valence-corrected chi connectivity index (χ4v) is 2.45. The minimum absolute atomic E-state index is 0.299. The SMILES string of the molecule is COc1cccc(C2(C)CCCCC2=O)c1. The molecule has 0 heterocycles. The Morgan fingerprint density at radius 3 is 2.81 bits per heavy atom. The maximum atomic E-state index is 12.1. The fraction of sp³-hybridized carbons (Fsp3) is 0.500. The first-order chi connectivity index (χ1) is 7.66. The summed E-state index contributed by atoms with van der Waals surface area (Å²) in [6.45, 7) is 2.06. The van der Waals surface area contributed by atoms with Gasteiger partial charge in [-0.2, -0.15) is 0 Å². The van der Waals surface area contributed by atoms with Crippen molar-refractivity contribution in [2.75, 3.05) is 7.11 Å². The molecule has 1 aromatic carbocycles. The topological polar surface area (TPSA) is 26.3 Å². The van der Waals surface area contributed by atoms with E-state index in [1.165, 1.54) is 0 Å². The fourth-order valence-electron chi connectivity index (χ4n) is 2.45. The zero-order chi connectivity index (χ0) is 11.6. The molecule has 2 nitrogen and oxygen atoms in total. The maximum Gasteiger partial charge on any atom is 0.143 e. The van der Waals surface area contributed by atoms with Crippen LogP contribution in [0.15, 0.2) is 24.3 Å². The summed E-state index contributed by atoms with van der Waals surface area (Å²) in [5.41, 5.74) is 0.795. The lowest BCUT2D eigenvalue weighted by molar-refractivity contribution is -0.125. The normalized spacial score (nSPS) is 25.5. The lowest BCUT2D eigenvalue weighted by atomic mass is 9.70. The van der Waals surface area contributed by atoms with E-state index in [0.29, 0.717) is 12.2 Å². The first-order valence-electron chi connectivity index (χ1n) is 5.84. The molecule has 0 bridgehead atoms. The summed E-state index contributed by atoms with van der Waals surface area (Å²) in [6.07, 6.45) is 3.85. The highest BCUT2D eigenvalue weighted by Crippen LogP contribution is 2.37. The number of ether oxygens (including phenoxy) is 1. The van der Waals surface area contributed by atoms with Crippen LogP contribution in [0.1, 0.15) is 38.2 Å². The summed E-state index contributed by atoms with van der Waals surface area (Å²) >= 11 is 0. The molecule has 0 aromatic heterocycles. The average molecular weight is 218 g/mol. The molecular weight excluding hydrogens is 200 g/mol. The molecule has 16 heavy (non-hydrogen) atoms. The maximum absolute atomic E-state index is 12.1. The van der Waals surface area contributed by atoms with Gasteiger partial charge in [0, 0.05) is 6.42 Å². The average Bonchev–Trinajstić information content (AvgIpc) is 2.33. The van der Waals surface area contributed by atoms with Crippen molar-refractivity contribution < 1.29 is 9.53 Å². The molecule has 1 saturated carbocycles. The van der Waals surface area contributed by atoms with Crippen LogP contribution in [0.4, 0.5) is 0 Å². The molecule has 0 radical (unpaired) electrons. The Hall–Kier alpha value is -1.31. The molecule has 1 unspecified atom stereocenters. The molecule has 1 aliphatic carbocycles. The zero-order valence-electron chi connectivity index (χ0n) is 9.95. The van der Waals surface area contributed by atoms with Crippen LogP contribution >= 0.6 is 0 Å². The van der Waals surface area contributed by atoms with Crippen LogP contribution in [0.3, 0.4) is 0 Å². The molecule has 1 atom stereocenters. The van der Waals surface area contributed by atoms with Gasteiger partial charge in [-0.1, -0.05) is 18.6 Å². The summed E-state index contributed by atoms with van der Waals surface area (Å²) in [7, 11) is 1.66. The van der Waals surface area contributed by atoms with E-state index in [-0.39, 0.29) is 5.41 Å². The van der Waals surface area contributed by atoms with Crippen molar-refractivity contribution in [2.24, 2.45) is 0 Å². The number of Topliss-reactive ketones (excluding diaryl/α,β-unsaturated/α-hetero) is 1. The van der Waals surface area contributed by atoms with Crippen LogP contribution < -0.4 is 4.74 Å². The molecule has 0 spiro atoms. The van der Waals surface area contributed by atoms with Crippen LogP contribution in [0, 0.1) is 0 Å². The highest BCUT2D eigenvalue weighted by atomic mass is 16.5. The van der Waals surface area contributed by atoms with Gasteiger partial charge in [0.1, 0.15) is 11.5 Å². The molecule has 1 aromatic rings. The minimum Gasteiger partial charge on any atom is -0.497 e. The molecule has 1 fully saturated rings. The molecule has 0 amide bonds. The van der Waals surface area contributed by atoms with Crippen LogP contribution in [0.2, 0.25) is 0 Å². The standard InChI is InChI=1S/C14H18O2/c1-14(9-4-3-8-13(14)15)11-6-5-7-12(10-11)16-2/h5-7,10H,3-4,8-9H2,1-2H3. The van der Waals surface area contributed by atoms with Gasteiger partial charge in [0.05, 0.1) is 12.5 Å². The summed E-state index contributed by atoms with van der Waals surface area (Å²) in [5.74, 6) is 1.20. The van der Waals surface area contributed by atoms with Gasteiger partial charge in [-0.15, -0.1) is 0 Å². The van der Waals surface area contributed by atoms with E-state index < -0.39 is 0 Å². The number of methoxy groups -OCH3 is 1. The van der Waals surface area contributed by atoms with Gasteiger partial charge < -0.3 is 4.74 Å². The van der Waals surface area contributed by atoms with Crippen molar-refractivity contribution >= 4 is 5.78 Å². The molecular formula is C14H18O2. The third-order valence-corrected chi connectivity index (χ3v) is 3.65. The first kappa shape index (κ1) is 11.2. The van der Waals surface area contributed by atoms with Crippen LogP contribution in [-0.4, -0.2) is 12.9 Å². The number of ketones is 1. The van der Waals surface area contributed by atoms with Gasteiger partial charge in [0.2, 0.25) is 0 Å².